The lowest BCUT2D eigenvalue weighted by molar-refractivity contribution is -0.387. The van der Waals surface area contributed by atoms with Crippen molar-refractivity contribution in [2.24, 2.45) is 7.05 Å². The molecule has 1 aromatic carbocycles. The second-order valence-corrected chi connectivity index (χ2v) is 6.06. The third-order valence-corrected chi connectivity index (χ3v) is 4.38. The molecule has 0 bridgehead atoms. The third-order valence-electron chi connectivity index (χ3n) is 3.26. The van der Waals surface area contributed by atoms with Gasteiger partial charge in [0.1, 0.15) is 6.33 Å². The fourth-order valence-corrected chi connectivity index (χ4v) is 2.93. The normalized spacial score (nSPS) is 10.3. The molecule has 0 spiro atoms. The molecule has 0 saturated carbocycles. The van der Waals surface area contributed by atoms with Crippen LogP contribution in [0.1, 0.15) is 10.4 Å². The van der Waals surface area contributed by atoms with Gasteiger partial charge in [0, 0.05) is 31.8 Å². The summed E-state index contributed by atoms with van der Waals surface area (Å²) in [4.78, 5) is 25.3. The second-order valence-electron chi connectivity index (χ2n) is 5.05. The molecule has 2 aromatic rings. The summed E-state index contributed by atoms with van der Waals surface area (Å²) in [5, 5.41) is 19.6. The zero-order chi connectivity index (χ0) is 18.4. The molecule has 0 aliphatic heterocycles. The molecule has 8 nitrogen and oxygen atoms in total. The molecule has 0 aliphatic carbocycles. The summed E-state index contributed by atoms with van der Waals surface area (Å²) < 4.78 is 1.66. The van der Waals surface area contributed by atoms with Crippen LogP contribution in [0.25, 0.3) is 0 Å². The molecule has 130 valence electrons. The summed E-state index contributed by atoms with van der Waals surface area (Å²) >= 11 is 1.12. The van der Waals surface area contributed by atoms with E-state index in [2.05, 4.69) is 23.4 Å². The summed E-state index contributed by atoms with van der Waals surface area (Å²) in [6.07, 6.45) is 4.69. The molecular formula is C16H17N5O3S. The lowest BCUT2D eigenvalue weighted by Gasteiger charge is -2.19. The Kier molecular flexibility index (Phi) is 6.07. The van der Waals surface area contributed by atoms with Crippen LogP contribution in [0.4, 0.5) is 5.69 Å². The molecule has 2 rings (SSSR count). The second kappa shape index (κ2) is 8.25. The molecule has 0 radical (unpaired) electrons. The van der Waals surface area contributed by atoms with E-state index in [4.69, 9.17) is 0 Å². The van der Waals surface area contributed by atoms with Crippen molar-refractivity contribution in [2.75, 3.05) is 13.1 Å². The van der Waals surface area contributed by atoms with E-state index in [-0.39, 0.29) is 17.2 Å². The van der Waals surface area contributed by atoms with Crippen LogP contribution in [0.5, 0.6) is 0 Å². The number of rotatable bonds is 8. The van der Waals surface area contributed by atoms with Gasteiger partial charge in [-0.25, -0.2) is 0 Å². The van der Waals surface area contributed by atoms with Crippen LogP contribution in [0.3, 0.4) is 0 Å². The van der Waals surface area contributed by atoms with E-state index in [0.29, 0.717) is 23.1 Å². The Hall–Kier alpha value is -2.94. The molecule has 0 saturated heterocycles. The number of amides is 1. The lowest BCUT2D eigenvalue weighted by atomic mass is 10.1. The molecule has 0 atom stereocenters. The number of nitro groups is 1. The number of nitrogens with zero attached hydrogens (tertiary/aromatic N) is 5. The monoisotopic (exact) mass is 359 g/mol. The van der Waals surface area contributed by atoms with Crippen molar-refractivity contribution in [1.29, 1.82) is 0 Å². The maximum atomic E-state index is 12.6. The summed E-state index contributed by atoms with van der Waals surface area (Å²) in [5.41, 5.74) is 0.0775. The molecule has 0 aliphatic rings. The summed E-state index contributed by atoms with van der Waals surface area (Å²) in [7, 11) is 1.74. The first kappa shape index (κ1) is 18.4. The summed E-state index contributed by atoms with van der Waals surface area (Å²) in [6, 6.07) is 4.39. The molecule has 1 heterocycles. The molecule has 1 aromatic heterocycles. The predicted octanol–water partition coefficient (Wildman–Crippen LogP) is 2.69. The first-order valence-electron chi connectivity index (χ1n) is 7.29. The molecule has 0 unspecified atom stereocenters. The zero-order valence-corrected chi connectivity index (χ0v) is 14.5. The predicted molar refractivity (Wildman–Crippen MR) is 94.5 cm³/mol. The fraction of sp³-hybridized carbons (Fsp3) is 0.188. The van der Waals surface area contributed by atoms with Gasteiger partial charge in [0.25, 0.3) is 11.6 Å². The Labute approximate surface area is 149 Å². The summed E-state index contributed by atoms with van der Waals surface area (Å²) in [5.74, 6) is -0.321. The maximum Gasteiger partial charge on any atom is 0.284 e. The minimum atomic E-state index is -0.513. The highest BCUT2D eigenvalue weighted by molar-refractivity contribution is 7.99. The highest BCUT2D eigenvalue weighted by atomic mass is 32.2. The Morgan fingerprint density at radius 3 is 2.60 bits per heavy atom. The van der Waals surface area contributed by atoms with Crippen molar-refractivity contribution in [1.82, 2.24) is 19.7 Å². The van der Waals surface area contributed by atoms with Crippen molar-refractivity contribution in [3.8, 4) is 0 Å². The Morgan fingerprint density at radius 1 is 1.40 bits per heavy atom. The van der Waals surface area contributed by atoms with Gasteiger partial charge in [-0.1, -0.05) is 12.2 Å². The number of carbonyl (C=O) groups excluding carboxylic acids is 1. The number of aryl methyl sites for hydroxylation is 1. The Morgan fingerprint density at radius 2 is 2.08 bits per heavy atom. The van der Waals surface area contributed by atoms with E-state index >= 15 is 0 Å². The largest absolute Gasteiger partial charge is 0.331 e. The summed E-state index contributed by atoms with van der Waals surface area (Å²) in [6.45, 7) is 7.88. The first-order valence-corrected chi connectivity index (χ1v) is 8.11. The van der Waals surface area contributed by atoms with Gasteiger partial charge in [0.2, 0.25) is 0 Å². The van der Waals surface area contributed by atoms with Crippen molar-refractivity contribution in [3.05, 3.63) is 65.5 Å². The Bertz CT molecular complexity index is 808. The van der Waals surface area contributed by atoms with Gasteiger partial charge in [-0.3, -0.25) is 14.9 Å². The van der Waals surface area contributed by atoms with Crippen LogP contribution in [0.15, 0.2) is 59.9 Å². The van der Waals surface area contributed by atoms with E-state index < -0.39 is 4.92 Å². The smallest absolute Gasteiger partial charge is 0.284 e. The van der Waals surface area contributed by atoms with Crippen molar-refractivity contribution < 1.29 is 9.72 Å². The lowest BCUT2D eigenvalue weighted by Crippen LogP contribution is -2.31. The molecule has 25 heavy (non-hydrogen) atoms. The average Bonchev–Trinajstić information content (AvgIpc) is 2.99. The van der Waals surface area contributed by atoms with Gasteiger partial charge in [-0.05, 0) is 23.9 Å². The van der Waals surface area contributed by atoms with Gasteiger partial charge in [-0.2, -0.15) is 0 Å². The van der Waals surface area contributed by atoms with Gasteiger partial charge < -0.3 is 9.47 Å². The van der Waals surface area contributed by atoms with Gasteiger partial charge >= 0.3 is 0 Å². The number of hydrogen-bond acceptors (Lipinski definition) is 6. The fourth-order valence-electron chi connectivity index (χ4n) is 2.08. The van der Waals surface area contributed by atoms with Crippen LogP contribution >= 0.6 is 11.8 Å². The Balaban J connectivity index is 2.36. The van der Waals surface area contributed by atoms with E-state index in [1.807, 2.05) is 0 Å². The number of aromatic nitrogens is 3. The van der Waals surface area contributed by atoms with Crippen LogP contribution in [0, 0.1) is 10.1 Å². The SMILES string of the molecule is C=CCN(CC=C)C(=O)c1ccc(Sc2nncn2C)c([N+](=O)[O-])c1. The van der Waals surface area contributed by atoms with Gasteiger partial charge in [0.05, 0.1) is 9.82 Å². The van der Waals surface area contributed by atoms with Crippen LogP contribution in [-0.4, -0.2) is 43.6 Å². The molecule has 1 amide bonds. The topological polar surface area (TPSA) is 94.2 Å². The highest BCUT2D eigenvalue weighted by Crippen LogP contribution is 2.34. The standard InChI is InChI=1S/C16H17N5O3S/c1-4-8-20(9-5-2)15(22)12-6-7-14(13(10-12)21(23)24)25-16-18-17-11-19(16)3/h4-7,10-11H,1-2,8-9H2,3H3. The minimum absolute atomic E-state index is 0.156. The van der Waals surface area contributed by atoms with Crippen LogP contribution in [0.2, 0.25) is 0 Å². The van der Waals surface area contributed by atoms with Gasteiger partial charge in [0.15, 0.2) is 5.16 Å². The van der Waals surface area contributed by atoms with E-state index in [1.54, 1.807) is 35.9 Å². The molecule has 0 fully saturated rings. The molecule has 0 N–H and O–H groups in total. The zero-order valence-electron chi connectivity index (χ0n) is 13.7. The van der Waals surface area contributed by atoms with Crippen molar-refractivity contribution in [2.45, 2.75) is 10.1 Å². The van der Waals surface area contributed by atoms with Crippen LogP contribution in [-0.2, 0) is 7.05 Å². The van der Waals surface area contributed by atoms with Crippen LogP contribution < -0.4 is 0 Å². The van der Waals surface area contributed by atoms with E-state index in [1.165, 1.54) is 17.3 Å². The minimum Gasteiger partial charge on any atom is -0.331 e. The van der Waals surface area contributed by atoms with Gasteiger partial charge in [-0.15, -0.1) is 23.4 Å². The first-order chi connectivity index (χ1) is 12.0. The van der Waals surface area contributed by atoms with Crippen molar-refractivity contribution >= 4 is 23.4 Å². The third kappa shape index (κ3) is 4.32. The van der Waals surface area contributed by atoms with Crippen molar-refractivity contribution in [3.63, 3.8) is 0 Å². The molecular weight excluding hydrogens is 342 g/mol. The highest BCUT2D eigenvalue weighted by Gasteiger charge is 2.22. The number of carbonyl (C=O) groups is 1. The number of benzene rings is 1. The number of nitro benzene ring substituents is 1. The average molecular weight is 359 g/mol. The van der Waals surface area contributed by atoms with E-state index in [0.717, 1.165) is 11.8 Å². The van der Waals surface area contributed by atoms with E-state index in [9.17, 15) is 14.9 Å². The maximum absolute atomic E-state index is 12.6. The molecule has 9 heteroatoms. The quantitative estimate of drug-likeness (QED) is 0.409. The number of hydrogen-bond donors (Lipinski definition) is 0.